The SMILES string of the molecule is C=C(C)NCc1ccc(C(=O)NCC2CCC(CC(C)NCc3ccc(C(=O)NCCO)cc3)O2)cc1. The van der Waals surface area contributed by atoms with E-state index in [1.54, 1.807) is 12.1 Å². The first-order valence-electron chi connectivity index (χ1n) is 13.0. The largest absolute Gasteiger partial charge is 0.395 e. The van der Waals surface area contributed by atoms with Crippen LogP contribution in [-0.2, 0) is 17.8 Å². The van der Waals surface area contributed by atoms with Gasteiger partial charge in [-0.3, -0.25) is 9.59 Å². The molecule has 3 unspecified atom stereocenters. The molecule has 2 aromatic carbocycles. The Labute approximate surface area is 219 Å². The summed E-state index contributed by atoms with van der Waals surface area (Å²) in [6.07, 6.45) is 3.01. The van der Waals surface area contributed by atoms with E-state index >= 15 is 0 Å². The maximum absolute atomic E-state index is 12.5. The summed E-state index contributed by atoms with van der Waals surface area (Å²) >= 11 is 0. The molecular weight excluding hydrogens is 468 g/mol. The van der Waals surface area contributed by atoms with Crippen molar-refractivity contribution < 1.29 is 19.4 Å². The van der Waals surface area contributed by atoms with Crippen LogP contribution >= 0.6 is 0 Å². The fourth-order valence-corrected chi connectivity index (χ4v) is 4.25. The maximum atomic E-state index is 12.5. The smallest absolute Gasteiger partial charge is 0.251 e. The van der Waals surface area contributed by atoms with Crippen molar-refractivity contribution in [3.05, 3.63) is 83.1 Å². The first-order valence-corrected chi connectivity index (χ1v) is 13.0. The second kappa shape index (κ2) is 14.5. The van der Waals surface area contributed by atoms with E-state index in [9.17, 15) is 9.59 Å². The lowest BCUT2D eigenvalue weighted by atomic mass is 10.1. The van der Waals surface area contributed by atoms with Crippen molar-refractivity contribution in [2.45, 2.75) is 64.4 Å². The number of carbonyl (C=O) groups is 2. The highest BCUT2D eigenvalue weighted by molar-refractivity contribution is 5.94. The number of allylic oxidation sites excluding steroid dienone is 1. The van der Waals surface area contributed by atoms with E-state index in [4.69, 9.17) is 9.84 Å². The van der Waals surface area contributed by atoms with Gasteiger partial charge in [0.15, 0.2) is 0 Å². The summed E-state index contributed by atoms with van der Waals surface area (Å²) in [6.45, 7) is 9.97. The van der Waals surface area contributed by atoms with Crippen LogP contribution in [-0.4, -0.2) is 54.9 Å². The van der Waals surface area contributed by atoms with Crippen LogP contribution in [0.5, 0.6) is 0 Å². The van der Waals surface area contributed by atoms with Crippen molar-refractivity contribution in [2.24, 2.45) is 0 Å². The predicted octanol–water partition coefficient (Wildman–Crippen LogP) is 2.88. The minimum Gasteiger partial charge on any atom is -0.395 e. The Morgan fingerprint density at radius 1 is 0.919 bits per heavy atom. The van der Waals surface area contributed by atoms with E-state index in [2.05, 4.69) is 34.8 Å². The number of benzene rings is 2. The minimum absolute atomic E-state index is 0.0321. The second-order valence-electron chi connectivity index (χ2n) is 9.69. The van der Waals surface area contributed by atoms with Gasteiger partial charge in [-0.15, -0.1) is 0 Å². The Hall–Kier alpha value is -3.20. The number of aliphatic hydroxyl groups excluding tert-OH is 1. The fourth-order valence-electron chi connectivity index (χ4n) is 4.25. The summed E-state index contributed by atoms with van der Waals surface area (Å²) in [7, 11) is 0. The molecule has 0 radical (unpaired) electrons. The van der Waals surface area contributed by atoms with Crippen molar-refractivity contribution >= 4 is 11.8 Å². The topological polar surface area (TPSA) is 112 Å². The van der Waals surface area contributed by atoms with E-state index in [-0.39, 0.29) is 43.2 Å². The lowest BCUT2D eigenvalue weighted by molar-refractivity contribution is 0.0353. The molecule has 5 N–H and O–H groups in total. The molecule has 8 nitrogen and oxygen atoms in total. The van der Waals surface area contributed by atoms with Gasteiger partial charge in [0.05, 0.1) is 18.8 Å². The zero-order valence-electron chi connectivity index (χ0n) is 21.9. The van der Waals surface area contributed by atoms with E-state index in [0.29, 0.717) is 30.8 Å². The van der Waals surface area contributed by atoms with Crippen molar-refractivity contribution in [1.29, 1.82) is 0 Å². The number of carbonyl (C=O) groups excluding carboxylic acids is 2. The molecule has 37 heavy (non-hydrogen) atoms. The first kappa shape index (κ1) is 28.4. The summed E-state index contributed by atoms with van der Waals surface area (Å²) in [6, 6.07) is 15.3. The Morgan fingerprint density at radius 2 is 1.49 bits per heavy atom. The van der Waals surface area contributed by atoms with Crippen LogP contribution < -0.4 is 21.3 Å². The molecule has 0 aliphatic carbocycles. The van der Waals surface area contributed by atoms with Gasteiger partial charge in [-0.05, 0) is 68.5 Å². The standard InChI is InChI=1S/C29H40N4O4/c1-20(2)31-17-22-4-10-25(11-5-22)29(36)33-19-27-13-12-26(37-27)16-21(3)32-18-23-6-8-24(9-7-23)28(35)30-14-15-34/h4-11,21,26-27,31-32,34H,1,12-19H2,2-3H3,(H,30,35)(H,33,36). The van der Waals surface area contributed by atoms with E-state index < -0.39 is 0 Å². The van der Waals surface area contributed by atoms with Gasteiger partial charge in [0.25, 0.3) is 11.8 Å². The highest BCUT2D eigenvalue weighted by Crippen LogP contribution is 2.23. The molecule has 0 saturated carbocycles. The third kappa shape index (κ3) is 9.64. The Kier molecular flexibility index (Phi) is 11.1. The van der Waals surface area contributed by atoms with Gasteiger partial charge in [-0.2, -0.15) is 0 Å². The quantitative estimate of drug-likeness (QED) is 0.268. The van der Waals surface area contributed by atoms with Crippen LogP contribution in [0.1, 0.15) is 65.0 Å². The fraction of sp³-hybridized carbons (Fsp3) is 0.448. The van der Waals surface area contributed by atoms with Crippen molar-refractivity contribution in [2.75, 3.05) is 19.7 Å². The molecule has 8 heteroatoms. The summed E-state index contributed by atoms with van der Waals surface area (Å²) in [5.74, 6) is -0.269. The predicted molar refractivity (Wildman–Crippen MR) is 145 cm³/mol. The number of amides is 2. The van der Waals surface area contributed by atoms with Crippen LogP contribution in [0.2, 0.25) is 0 Å². The van der Waals surface area contributed by atoms with Crippen LogP contribution in [0.4, 0.5) is 0 Å². The molecule has 200 valence electrons. The second-order valence-corrected chi connectivity index (χ2v) is 9.69. The van der Waals surface area contributed by atoms with E-state index in [0.717, 1.165) is 36.1 Å². The van der Waals surface area contributed by atoms with Crippen molar-refractivity contribution in [3.8, 4) is 0 Å². The number of ether oxygens (including phenoxy) is 1. The number of hydrogen-bond donors (Lipinski definition) is 5. The normalized spacial score (nSPS) is 17.7. The molecule has 0 spiro atoms. The summed E-state index contributed by atoms with van der Waals surface area (Å²) in [4.78, 5) is 24.5. The number of hydrogen-bond acceptors (Lipinski definition) is 6. The van der Waals surface area contributed by atoms with Gasteiger partial charge in [0.2, 0.25) is 0 Å². The van der Waals surface area contributed by atoms with Crippen LogP contribution in [0, 0.1) is 0 Å². The monoisotopic (exact) mass is 508 g/mol. The average molecular weight is 509 g/mol. The lowest BCUT2D eigenvalue weighted by Crippen LogP contribution is -2.33. The van der Waals surface area contributed by atoms with Crippen LogP contribution in [0.3, 0.4) is 0 Å². The summed E-state index contributed by atoms with van der Waals surface area (Å²) in [5.41, 5.74) is 4.33. The summed E-state index contributed by atoms with van der Waals surface area (Å²) in [5, 5.41) is 21.2. The highest BCUT2D eigenvalue weighted by atomic mass is 16.5. The molecule has 0 bridgehead atoms. The molecule has 3 atom stereocenters. The number of aliphatic hydroxyl groups is 1. The van der Waals surface area contributed by atoms with Crippen LogP contribution in [0.15, 0.2) is 60.8 Å². The van der Waals surface area contributed by atoms with Gasteiger partial charge in [0, 0.05) is 49.0 Å². The molecule has 0 aromatic heterocycles. The van der Waals surface area contributed by atoms with Gasteiger partial charge in [-0.1, -0.05) is 30.8 Å². The maximum Gasteiger partial charge on any atom is 0.251 e. The third-order valence-corrected chi connectivity index (χ3v) is 6.38. The Bertz CT molecular complexity index is 1020. The molecule has 2 aromatic rings. The minimum atomic E-state index is -0.184. The molecule has 1 fully saturated rings. The molecular formula is C29H40N4O4. The number of nitrogens with one attached hydrogen (secondary N) is 4. The van der Waals surface area contributed by atoms with Gasteiger partial charge >= 0.3 is 0 Å². The van der Waals surface area contributed by atoms with Gasteiger partial charge in [0.1, 0.15) is 0 Å². The Balaban J connectivity index is 1.34. The highest BCUT2D eigenvalue weighted by Gasteiger charge is 2.26. The zero-order chi connectivity index (χ0) is 26.6. The van der Waals surface area contributed by atoms with Gasteiger partial charge in [-0.25, -0.2) is 0 Å². The molecule has 1 saturated heterocycles. The van der Waals surface area contributed by atoms with Crippen LogP contribution in [0.25, 0.3) is 0 Å². The van der Waals surface area contributed by atoms with Gasteiger partial charge < -0.3 is 31.1 Å². The molecule has 1 aliphatic heterocycles. The molecule has 3 rings (SSSR count). The first-order chi connectivity index (χ1) is 17.8. The molecule has 2 amide bonds. The van der Waals surface area contributed by atoms with Crippen molar-refractivity contribution in [1.82, 2.24) is 21.3 Å². The average Bonchev–Trinajstić information content (AvgIpc) is 3.35. The third-order valence-electron chi connectivity index (χ3n) is 6.38. The Morgan fingerprint density at radius 3 is 2.08 bits per heavy atom. The molecule has 1 aliphatic rings. The summed E-state index contributed by atoms with van der Waals surface area (Å²) < 4.78 is 6.18. The van der Waals surface area contributed by atoms with Crippen molar-refractivity contribution in [3.63, 3.8) is 0 Å². The van der Waals surface area contributed by atoms with E-state index in [1.165, 1.54) is 0 Å². The van der Waals surface area contributed by atoms with E-state index in [1.807, 2.05) is 43.3 Å². The number of rotatable bonds is 14. The molecule has 1 heterocycles. The lowest BCUT2D eigenvalue weighted by Gasteiger charge is -2.19. The zero-order valence-corrected chi connectivity index (χ0v) is 21.9.